The van der Waals surface area contributed by atoms with Gasteiger partial charge in [-0.15, -0.1) is 0 Å². The molecule has 0 heterocycles. The van der Waals surface area contributed by atoms with Crippen LogP contribution in [0.25, 0.3) is 0 Å². The predicted molar refractivity (Wildman–Crippen MR) is 98.6 cm³/mol. The molecule has 0 spiro atoms. The van der Waals surface area contributed by atoms with E-state index in [2.05, 4.69) is 12.2 Å². The van der Waals surface area contributed by atoms with Gasteiger partial charge in [0, 0.05) is 18.8 Å². The first kappa shape index (κ1) is 18.5. The van der Waals surface area contributed by atoms with Crippen molar-refractivity contribution in [1.82, 2.24) is 4.90 Å². The predicted octanol–water partition coefficient (Wildman–Crippen LogP) is 4.31. The highest BCUT2D eigenvalue weighted by atomic mass is 16.5. The Morgan fingerprint density at radius 2 is 1.72 bits per heavy atom. The standard InChI is InChI=1S/C20H24N2O3/c1-3-4-14-22(20(24)21-18-8-6-5-7-9-18)15-16-10-12-17(13-11-16)19(23)25-2/h5-13H,3-4,14-15H2,1-2H3,(H,21,24). The number of methoxy groups -OCH3 is 1. The van der Waals surface area contributed by atoms with Crippen molar-refractivity contribution >= 4 is 17.7 Å². The lowest BCUT2D eigenvalue weighted by molar-refractivity contribution is 0.0600. The summed E-state index contributed by atoms with van der Waals surface area (Å²) in [6.45, 7) is 3.26. The molecule has 5 heteroatoms. The Morgan fingerprint density at radius 3 is 2.32 bits per heavy atom. The van der Waals surface area contributed by atoms with E-state index >= 15 is 0 Å². The summed E-state index contributed by atoms with van der Waals surface area (Å²) in [6, 6.07) is 16.4. The number of anilines is 1. The van der Waals surface area contributed by atoms with Crippen molar-refractivity contribution in [1.29, 1.82) is 0 Å². The van der Waals surface area contributed by atoms with Gasteiger partial charge >= 0.3 is 12.0 Å². The number of ether oxygens (including phenoxy) is 1. The van der Waals surface area contributed by atoms with E-state index in [1.54, 1.807) is 17.0 Å². The molecule has 0 radical (unpaired) electrons. The second kappa shape index (κ2) is 9.47. The smallest absolute Gasteiger partial charge is 0.337 e. The molecule has 25 heavy (non-hydrogen) atoms. The van der Waals surface area contributed by atoms with Gasteiger partial charge in [0.1, 0.15) is 0 Å². The molecule has 5 nitrogen and oxygen atoms in total. The number of benzene rings is 2. The number of hydrogen-bond donors (Lipinski definition) is 1. The Bertz CT molecular complexity index is 684. The first-order chi connectivity index (χ1) is 12.1. The van der Waals surface area contributed by atoms with Gasteiger partial charge in [0.15, 0.2) is 0 Å². The molecule has 0 aromatic heterocycles. The van der Waals surface area contributed by atoms with E-state index in [4.69, 9.17) is 4.74 Å². The normalized spacial score (nSPS) is 10.2. The summed E-state index contributed by atoms with van der Waals surface area (Å²) in [7, 11) is 1.36. The molecule has 132 valence electrons. The van der Waals surface area contributed by atoms with E-state index in [0.29, 0.717) is 18.7 Å². The summed E-state index contributed by atoms with van der Waals surface area (Å²) in [4.78, 5) is 25.9. The number of rotatable bonds is 7. The largest absolute Gasteiger partial charge is 0.465 e. The molecule has 1 N–H and O–H groups in total. The van der Waals surface area contributed by atoms with Crippen molar-refractivity contribution < 1.29 is 14.3 Å². The summed E-state index contributed by atoms with van der Waals surface area (Å²) in [5.74, 6) is -0.365. The topological polar surface area (TPSA) is 58.6 Å². The van der Waals surface area contributed by atoms with E-state index in [0.717, 1.165) is 24.1 Å². The van der Waals surface area contributed by atoms with Gasteiger partial charge in [0.05, 0.1) is 12.7 Å². The molecule has 0 aliphatic heterocycles. The highest BCUT2D eigenvalue weighted by Gasteiger charge is 2.14. The highest BCUT2D eigenvalue weighted by molar-refractivity contribution is 5.90. The number of hydrogen-bond acceptors (Lipinski definition) is 3. The van der Waals surface area contributed by atoms with Crippen LogP contribution in [0.5, 0.6) is 0 Å². The zero-order valence-corrected chi connectivity index (χ0v) is 14.7. The van der Waals surface area contributed by atoms with Crippen LogP contribution in [0.3, 0.4) is 0 Å². The number of carbonyl (C=O) groups is 2. The molecule has 0 bridgehead atoms. The Hall–Kier alpha value is -2.82. The molecule has 2 amide bonds. The molecular formula is C20H24N2O3. The maximum atomic E-state index is 12.6. The second-order valence-electron chi connectivity index (χ2n) is 5.76. The first-order valence-corrected chi connectivity index (χ1v) is 8.42. The zero-order valence-electron chi connectivity index (χ0n) is 14.7. The Morgan fingerprint density at radius 1 is 1.04 bits per heavy atom. The van der Waals surface area contributed by atoms with Crippen LogP contribution in [0.15, 0.2) is 54.6 Å². The average molecular weight is 340 g/mol. The van der Waals surface area contributed by atoms with Gasteiger partial charge in [-0.05, 0) is 36.2 Å². The zero-order chi connectivity index (χ0) is 18.1. The number of esters is 1. The lowest BCUT2D eigenvalue weighted by Gasteiger charge is -2.23. The van der Waals surface area contributed by atoms with Crippen molar-refractivity contribution in [2.24, 2.45) is 0 Å². The molecule has 0 saturated heterocycles. The molecule has 0 fully saturated rings. The van der Waals surface area contributed by atoms with Crippen LogP contribution < -0.4 is 5.32 Å². The van der Waals surface area contributed by atoms with E-state index in [1.165, 1.54) is 7.11 Å². The van der Waals surface area contributed by atoms with Crippen molar-refractivity contribution in [2.45, 2.75) is 26.3 Å². The van der Waals surface area contributed by atoms with Crippen LogP contribution in [0.4, 0.5) is 10.5 Å². The van der Waals surface area contributed by atoms with Gasteiger partial charge in [-0.25, -0.2) is 9.59 Å². The Kier molecular flexibility index (Phi) is 7.01. The molecule has 0 aliphatic carbocycles. The molecular weight excluding hydrogens is 316 g/mol. The fourth-order valence-electron chi connectivity index (χ4n) is 2.41. The number of nitrogens with zero attached hydrogens (tertiary/aromatic N) is 1. The van der Waals surface area contributed by atoms with Crippen molar-refractivity contribution in [3.63, 3.8) is 0 Å². The van der Waals surface area contributed by atoms with E-state index < -0.39 is 0 Å². The van der Waals surface area contributed by atoms with Gasteiger partial charge in [0.25, 0.3) is 0 Å². The van der Waals surface area contributed by atoms with Gasteiger partial charge in [-0.1, -0.05) is 43.7 Å². The Labute approximate surface area is 148 Å². The number of unbranched alkanes of at least 4 members (excludes halogenated alkanes) is 1. The summed E-state index contributed by atoms with van der Waals surface area (Å²) >= 11 is 0. The molecule has 2 aromatic rings. The van der Waals surface area contributed by atoms with Crippen LogP contribution in [-0.4, -0.2) is 30.6 Å². The minimum atomic E-state index is -0.365. The summed E-state index contributed by atoms with van der Waals surface area (Å²) in [5.41, 5.74) is 2.24. The van der Waals surface area contributed by atoms with Crippen LogP contribution in [-0.2, 0) is 11.3 Å². The molecule has 2 rings (SSSR count). The third-order valence-corrected chi connectivity index (χ3v) is 3.84. The van der Waals surface area contributed by atoms with Crippen LogP contribution >= 0.6 is 0 Å². The molecule has 0 aliphatic rings. The minimum absolute atomic E-state index is 0.128. The maximum absolute atomic E-state index is 12.6. The summed E-state index contributed by atoms with van der Waals surface area (Å²) < 4.78 is 4.70. The number of urea groups is 1. The fraction of sp³-hybridized carbons (Fsp3) is 0.300. The van der Waals surface area contributed by atoms with Gasteiger partial charge in [0.2, 0.25) is 0 Å². The average Bonchev–Trinajstić information content (AvgIpc) is 2.65. The third kappa shape index (κ3) is 5.64. The van der Waals surface area contributed by atoms with E-state index in [9.17, 15) is 9.59 Å². The second-order valence-corrected chi connectivity index (χ2v) is 5.76. The fourth-order valence-corrected chi connectivity index (χ4v) is 2.41. The van der Waals surface area contributed by atoms with Crippen LogP contribution in [0.2, 0.25) is 0 Å². The number of nitrogens with one attached hydrogen (secondary N) is 1. The van der Waals surface area contributed by atoms with E-state index in [1.807, 2.05) is 42.5 Å². The number of amides is 2. The van der Waals surface area contributed by atoms with Gasteiger partial charge in [-0.2, -0.15) is 0 Å². The van der Waals surface area contributed by atoms with Gasteiger partial charge in [-0.3, -0.25) is 0 Å². The summed E-state index contributed by atoms with van der Waals surface area (Å²) in [6.07, 6.45) is 1.94. The molecule has 0 atom stereocenters. The number of para-hydroxylation sites is 1. The highest BCUT2D eigenvalue weighted by Crippen LogP contribution is 2.12. The SMILES string of the molecule is CCCCN(Cc1ccc(C(=O)OC)cc1)C(=O)Nc1ccccc1. The van der Waals surface area contributed by atoms with E-state index in [-0.39, 0.29) is 12.0 Å². The Balaban J connectivity index is 2.06. The minimum Gasteiger partial charge on any atom is -0.465 e. The van der Waals surface area contributed by atoms with Crippen molar-refractivity contribution in [2.75, 3.05) is 19.0 Å². The molecule has 0 saturated carbocycles. The third-order valence-electron chi connectivity index (χ3n) is 3.84. The lowest BCUT2D eigenvalue weighted by Crippen LogP contribution is -2.35. The quantitative estimate of drug-likeness (QED) is 0.764. The maximum Gasteiger partial charge on any atom is 0.337 e. The van der Waals surface area contributed by atoms with Gasteiger partial charge < -0.3 is 15.0 Å². The first-order valence-electron chi connectivity index (χ1n) is 8.42. The van der Waals surface area contributed by atoms with Crippen LogP contribution in [0, 0.1) is 0 Å². The summed E-state index contributed by atoms with van der Waals surface area (Å²) in [5, 5.41) is 2.92. The lowest BCUT2D eigenvalue weighted by atomic mass is 10.1. The van der Waals surface area contributed by atoms with Crippen molar-refractivity contribution in [3.8, 4) is 0 Å². The molecule has 0 unspecified atom stereocenters. The van der Waals surface area contributed by atoms with Crippen LogP contribution in [0.1, 0.15) is 35.7 Å². The monoisotopic (exact) mass is 340 g/mol. The number of carbonyl (C=O) groups excluding carboxylic acids is 2. The molecule has 2 aromatic carbocycles. The van der Waals surface area contributed by atoms with Crippen molar-refractivity contribution in [3.05, 3.63) is 65.7 Å².